The number of aliphatic carboxylic acids is 1. The van der Waals surface area contributed by atoms with Crippen molar-refractivity contribution >= 4 is 5.97 Å². The van der Waals surface area contributed by atoms with E-state index in [9.17, 15) is 9.90 Å². The minimum absolute atomic E-state index is 0.0947. The van der Waals surface area contributed by atoms with Crippen molar-refractivity contribution in [3.63, 3.8) is 0 Å². The predicted molar refractivity (Wildman–Crippen MR) is 63.1 cm³/mol. The number of phenolic OH excluding ortho intramolecular Hbond substituents is 1. The zero-order valence-corrected chi connectivity index (χ0v) is 9.85. The van der Waals surface area contributed by atoms with Crippen LogP contribution in [0, 0.1) is 5.92 Å². The third-order valence-corrected chi connectivity index (χ3v) is 3.76. The first-order chi connectivity index (χ1) is 8.66. The summed E-state index contributed by atoms with van der Waals surface area (Å²) < 4.78 is 5.39. The molecular formula is C13H15NO4. The summed E-state index contributed by atoms with van der Waals surface area (Å²) in [6, 6.07) is 3.44. The molecule has 3 rings (SSSR count). The van der Waals surface area contributed by atoms with Gasteiger partial charge in [0.05, 0.1) is 19.1 Å². The van der Waals surface area contributed by atoms with Gasteiger partial charge in [0.25, 0.3) is 0 Å². The molecule has 0 aliphatic carbocycles. The first-order valence-electron chi connectivity index (χ1n) is 6.04. The Hall–Kier alpha value is -1.59. The van der Waals surface area contributed by atoms with Crippen molar-refractivity contribution in [3.8, 4) is 5.75 Å². The topological polar surface area (TPSA) is 78.8 Å². The first-order valence-corrected chi connectivity index (χ1v) is 6.04. The Bertz CT molecular complexity index is 500. The van der Waals surface area contributed by atoms with E-state index >= 15 is 0 Å². The molecule has 1 fully saturated rings. The number of hydrogen-bond acceptors (Lipinski definition) is 4. The average Bonchev–Trinajstić information content (AvgIpc) is 2.95. The summed E-state index contributed by atoms with van der Waals surface area (Å²) >= 11 is 0. The largest absolute Gasteiger partial charge is 0.508 e. The Morgan fingerprint density at radius 3 is 2.94 bits per heavy atom. The van der Waals surface area contributed by atoms with E-state index in [2.05, 4.69) is 5.32 Å². The SMILES string of the molecule is O=C(O)C1CNC(c2c(O)ccc3c2COC3)C1. The Labute approximate surface area is 104 Å². The summed E-state index contributed by atoms with van der Waals surface area (Å²) in [7, 11) is 0. The van der Waals surface area contributed by atoms with Gasteiger partial charge in [-0.3, -0.25) is 4.79 Å². The highest BCUT2D eigenvalue weighted by Gasteiger charge is 2.34. The van der Waals surface area contributed by atoms with Gasteiger partial charge in [0, 0.05) is 18.2 Å². The molecule has 2 atom stereocenters. The molecule has 0 saturated carbocycles. The highest BCUT2D eigenvalue weighted by atomic mass is 16.5. The lowest BCUT2D eigenvalue weighted by atomic mass is 9.93. The fraction of sp³-hybridized carbons (Fsp3) is 0.462. The van der Waals surface area contributed by atoms with Gasteiger partial charge in [-0.25, -0.2) is 0 Å². The fourth-order valence-electron chi connectivity index (χ4n) is 2.80. The van der Waals surface area contributed by atoms with Gasteiger partial charge < -0.3 is 20.3 Å². The van der Waals surface area contributed by atoms with Gasteiger partial charge in [-0.05, 0) is 23.6 Å². The number of carboxylic acids is 1. The zero-order valence-electron chi connectivity index (χ0n) is 9.85. The summed E-state index contributed by atoms with van der Waals surface area (Å²) in [5.74, 6) is -0.941. The van der Waals surface area contributed by atoms with Gasteiger partial charge in [0.2, 0.25) is 0 Å². The third kappa shape index (κ3) is 1.76. The van der Waals surface area contributed by atoms with E-state index in [-0.39, 0.29) is 17.7 Å². The monoisotopic (exact) mass is 249 g/mol. The van der Waals surface area contributed by atoms with Crippen LogP contribution in [0.4, 0.5) is 0 Å². The number of aromatic hydroxyl groups is 1. The highest BCUT2D eigenvalue weighted by Crippen LogP contribution is 2.39. The normalized spacial score (nSPS) is 26.2. The molecule has 0 bridgehead atoms. The molecule has 2 unspecified atom stereocenters. The van der Waals surface area contributed by atoms with Gasteiger partial charge in [-0.2, -0.15) is 0 Å². The van der Waals surface area contributed by atoms with E-state index in [0.29, 0.717) is 26.2 Å². The van der Waals surface area contributed by atoms with Gasteiger partial charge in [-0.1, -0.05) is 6.07 Å². The molecule has 1 aromatic rings. The van der Waals surface area contributed by atoms with Crippen molar-refractivity contribution < 1.29 is 19.7 Å². The smallest absolute Gasteiger partial charge is 0.307 e. The summed E-state index contributed by atoms with van der Waals surface area (Å²) in [5.41, 5.74) is 2.91. The molecule has 5 nitrogen and oxygen atoms in total. The molecular weight excluding hydrogens is 234 g/mol. The third-order valence-electron chi connectivity index (χ3n) is 3.76. The number of hydrogen-bond donors (Lipinski definition) is 3. The molecule has 18 heavy (non-hydrogen) atoms. The number of ether oxygens (including phenoxy) is 1. The lowest BCUT2D eigenvalue weighted by Gasteiger charge is -2.16. The van der Waals surface area contributed by atoms with Crippen molar-refractivity contribution in [1.29, 1.82) is 0 Å². The number of carboxylic acid groups (broad SMARTS) is 1. The van der Waals surface area contributed by atoms with Crippen molar-refractivity contribution in [2.24, 2.45) is 5.92 Å². The van der Waals surface area contributed by atoms with E-state index in [1.54, 1.807) is 6.07 Å². The Morgan fingerprint density at radius 1 is 1.39 bits per heavy atom. The molecule has 96 valence electrons. The molecule has 0 aromatic heterocycles. The van der Waals surface area contributed by atoms with Gasteiger partial charge >= 0.3 is 5.97 Å². The van der Waals surface area contributed by atoms with Crippen LogP contribution >= 0.6 is 0 Å². The van der Waals surface area contributed by atoms with E-state index in [1.165, 1.54) is 0 Å². The molecule has 0 spiro atoms. The summed E-state index contributed by atoms with van der Waals surface area (Å²) in [6.07, 6.45) is 0.513. The van der Waals surface area contributed by atoms with Crippen LogP contribution in [0.25, 0.3) is 0 Å². The number of nitrogens with one attached hydrogen (secondary N) is 1. The second-order valence-electron chi connectivity index (χ2n) is 4.86. The quantitative estimate of drug-likeness (QED) is 0.733. The Morgan fingerprint density at radius 2 is 2.22 bits per heavy atom. The summed E-state index contributed by atoms with van der Waals surface area (Å²) in [6.45, 7) is 1.51. The van der Waals surface area contributed by atoms with E-state index < -0.39 is 5.97 Å². The van der Waals surface area contributed by atoms with E-state index in [0.717, 1.165) is 16.7 Å². The number of fused-ring (bicyclic) bond motifs is 1. The standard InChI is InChI=1S/C13H15NO4/c15-11-2-1-7-5-18-6-9(7)12(11)10-3-8(4-14-10)13(16)17/h1-2,8,10,14-15H,3-6H2,(H,16,17). The number of benzene rings is 1. The predicted octanol–water partition coefficient (Wildman–Crippen LogP) is 1.16. The first kappa shape index (κ1) is 11.5. The van der Waals surface area contributed by atoms with Crippen LogP contribution in [-0.2, 0) is 22.7 Å². The second kappa shape index (κ2) is 4.26. The molecule has 1 saturated heterocycles. The fourth-order valence-corrected chi connectivity index (χ4v) is 2.80. The van der Waals surface area contributed by atoms with Crippen LogP contribution in [0.2, 0.25) is 0 Å². The maximum Gasteiger partial charge on any atom is 0.307 e. The summed E-state index contributed by atoms with van der Waals surface area (Å²) in [4.78, 5) is 11.0. The van der Waals surface area contributed by atoms with Crippen molar-refractivity contribution in [2.75, 3.05) is 6.54 Å². The molecule has 0 amide bonds. The van der Waals surface area contributed by atoms with Crippen LogP contribution < -0.4 is 5.32 Å². The number of rotatable bonds is 2. The minimum Gasteiger partial charge on any atom is -0.508 e. The molecule has 2 aliphatic heterocycles. The lowest BCUT2D eigenvalue weighted by molar-refractivity contribution is -0.141. The molecule has 1 aromatic carbocycles. The highest BCUT2D eigenvalue weighted by molar-refractivity contribution is 5.71. The summed E-state index contributed by atoms with van der Waals surface area (Å²) in [5, 5.41) is 22.2. The molecule has 0 radical (unpaired) electrons. The molecule has 2 aliphatic rings. The van der Waals surface area contributed by atoms with Gasteiger partial charge in [-0.15, -0.1) is 0 Å². The average molecular weight is 249 g/mol. The van der Waals surface area contributed by atoms with E-state index in [4.69, 9.17) is 9.84 Å². The molecule has 5 heteroatoms. The number of phenols is 1. The second-order valence-corrected chi connectivity index (χ2v) is 4.86. The van der Waals surface area contributed by atoms with Gasteiger partial charge in [0.1, 0.15) is 5.75 Å². The molecule has 3 N–H and O–H groups in total. The molecule has 2 heterocycles. The van der Waals surface area contributed by atoms with E-state index in [1.807, 2.05) is 6.07 Å². The van der Waals surface area contributed by atoms with Crippen LogP contribution in [0.3, 0.4) is 0 Å². The maximum atomic E-state index is 11.0. The minimum atomic E-state index is -0.784. The Balaban J connectivity index is 1.94. The lowest BCUT2D eigenvalue weighted by Crippen LogP contribution is -2.17. The van der Waals surface area contributed by atoms with Crippen molar-refractivity contribution in [2.45, 2.75) is 25.7 Å². The van der Waals surface area contributed by atoms with Crippen LogP contribution in [-0.4, -0.2) is 22.7 Å². The zero-order chi connectivity index (χ0) is 12.7. The number of carbonyl (C=O) groups is 1. The van der Waals surface area contributed by atoms with Crippen LogP contribution in [0.1, 0.15) is 29.2 Å². The van der Waals surface area contributed by atoms with Gasteiger partial charge in [0.15, 0.2) is 0 Å². The maximum absolute atomic E-state index is 11.0. The van der Waals surface area contributed by atoms with Crippen molar-refractivity contribution in [3.05, 3.63) is 28.8 Å². The van der Waals surface area contributed by atoms with Crippen LogP contribution in [0.5, 0.6) is 5.75 Å². The van der Waals surface area contributed by atoms with Crippen LogP contribution in [0.15, 0.2) is 12.1 Å². The Kier molecular flexibility index (Phi) is 2.72. The van der Waals surface area contributed by atoms with Crippen molar-refractivity contribution in [1.82, 2.24) is 5.32 Å².